The number of thiophene rings is 1. The third-order valence-electron chi connectivity index (χ3n) is 6.06. The molecule has 0 bridgehead atoms. The lowest BCUT2D eigenvalue weighted by atomic mass is 9.97. The fourth-order valence-electron chi connectivity index (χ4n) is 4.37. The number of ether oxygens (including phenoxy) is 1. The second-order valence-electron chi connectivity index (χ2n) is 7.98. The number of anilines is 1. The fourth-order valence-corrected chi connectivity index (χ4v) is 5.19. The molecule has 1 atom stereocenters. The number of rotatable bonds is 4. The van der Waals surface area contributed by atoms with Gasteiger partial charge in [0.15, 0.2) is 0 Å². The van der Waals surface area contributed by atoms with E-state index in [-0.39, 0.29) is 11.3 Å². The molecular weight excluding hydrogens is 422 g/mol. The zero-order valence-electron chi connectivity index (χ0n) is 17.7. The van der Waals surface area contributed by atoms with Gasteiger partial charge in [-0.2, -0.15) is 0 Å². The summed E-state index contributed by atoms with van der Waals surface area (Å²) in [6.45, 7) is 2.75. The van der Waals surface area contributed by atoms with Gasteiger partial charge in [0.2, 0.25) is 0 Å². The van der Waals surface area contributed by atoms with Crippen molar-refractivity contribution in [1.82, 2.24) is 0 Å². The van der Waals surface area contributed by atoms with Crippen molar-refractivity contribution in [2.24, 2.45) is 0 Å². The maximum atomic E-state index is 13.2. The van der Waals surface area contributed by atoms with Crippen LogP contribution in [0.1, 0.15) is 41.0 Å². The number of nitrogens with zero attached hydrogens (tertiary/aromatic N) is 1. The number of fused-ring (bicyclic) bond motifs is 1. The second kappa shape index (κ2) is 8.28. The highest BCUT2D eigenvalue weighted by atomic mass is 32.1. The number of amides is 1. The van der Waals surface area contributed by atoms with Crippen LogP contribution in [0.3, 0.4) is 0 Å². The molecule has 162 valence electrons. The van der Waals surface area contributed by atoms with Crippen LogP contribution >= 0.6 is 11.3 Å². The average Bonchev–Trinajstić information content (AvgIpc) is 3.45. The lowest BCUT2D eigenvalue weighted by molar-refractivity contribution is -0.132. The molecule has 0 saturated carbocycles. The number of aliphatic hydroxyl groups excluding tert-OH is 1. The van der Waals surface area contributed by atoms with Gasteiger partial charge in [0.05, 0.1) is 12.2 Å². The molecule has 5 nitrogen and oxygen atoms in total. The van der Waals surface area contributed by atoms with Crippen molar-refractivity contribution >= 4 is 34.5 Å². The summed E-state index contributed by atoms with van der Waals surface area (Å²) in [6.07, 6.45) is 2.64. The van der Waals surface area contributed by atoms with E-state index in [2.05, 4.69) is 6.92 Å². The number of aryl methyl sites for hydroxylation is 2. The van der Waals surface area contributed by atoms with E-state index in [1.165, 1.54) is 16.2 Å². The second-order valence-corrected chi connectivity index (χ2v) is 8.96. The minimum atomic E-state index is -0.672. The topological polar surface area (TPSA) is 66.8 Å². The molecule has 6 heteroatoms. The van der Waals surface area contributed by atoms with Crippen LogP contribution in [0.5, 0.6) is 5.75 Å². The molecule has 2 aliphatic rings. The number of benzene rings is 2. The third kappa shape index (κ3) is 3.41. The van der Waals surface area contributed by atoms with Crippen LogP contribution < -0.4 is 9.64 Å². The molecule has 1 N–H and O–H groups in total. The van der Waals surface area contributed by atoms with E-state index in [0.717, 1.165) is 41.0 Å². The van der Waals surface area contributed by atoms with E-state index >= 15 is 0 Å². The quantitative estimate of drug-likeness (QED) is 0.338. The maximum Gasteiger partial charge on any atom is 0.300 e. The third-order valence-corrected chi connectivity index (χ3v) is 6.99. The summed E-state index contributed by atoms with van der Waals surface area (Å²) in [6, 6.07) is 16.2. The molecule has 3 aromatic rings. The molecule has 1 fully saturated rings. The highest BCUT2D eigenvalue weighted by molar-refractivity contribution is 7.10. The van der Waals surface area contributed by atoms with Crippen molar-refractivity contribution in [1.29, 1.82) is 0 Å². The number of carbonyl (C=O) groups is 2. The highest BCUT2D eigenvalue weighted by Crippen LogP contribution is 2.44. The van der Waals surface area contributed by atoms with Gasteiger partial charge in [0.1, 0.15) is 17.6 Å². The van der Waals surface area contributed by atoms with Crippen LogP contribution in [-0.4, -0.2) is 23.4 Å². The Balaban J connectivity index is 1.65. The molecule has 0 aliphatic carbocycles. The van der Waals surface area contributed by atoms with Gasteiger partial charge >= 0.3 is 0 Å². The molecule has 1 aromatic heterocycles. The van der Waals surface area contributed by atoms with E-state index in [4.69, 9.17) is 4.74 Å². The summed E-state index contributed by atoms with van der Waals surface area (Å²) in [5.74, 6) is -0.646. The van der Waals surface area contributed by atoms with Crippen molar-refractivity contribution in [3.8, 4) is 5.75 Å². The number of ketones is 1. The molecule has 2 aromatic carbocycles. The lowest BCUT2D eigenvalue weighted by Crippen LogP contribution is -2.29. The predicted octanol–water partition coefficient (Wildman–Crippen LogP) is 5.26. The molecule has 2 aliphatic heterocycles. The van der Waals surface area contributed by atoms with E-state index < -0.39 is 17.7 Å². The minimum absolute atomic E-state index is 0.119. The van der Waals surface area contributed by atoms with E-state index in [1.54, 1.807) is 6.07 Å². The Labute approximate surface area is 190 Å². The van der Waals surface area contributed by atoms with E-state index in [1.807, 2.05) is 53.9 Å². The Morgan fingerprint density at radius 1 is 1.16 bits per heavy atom. The smallest absolute Gasteiger partial charge is 0.300 e. The largest absolute Gasteiger partial charge is 0.507 e. The van der Waals surface area contributed by atoms with Crippen molar-refractivity contribution in [2.45, 2.75) is 32.2 Å². The number of aliphatic hydroxyl groups is 1. The molecular formula is C26H23NO4S. The normalized spacial score (nSPS) is 19.7. The Hall–Kier alpha value is -3.38. The van der Waals surface area contributed by atoms with Gasteiger partial charge in [-0.3, -0.25) is 14.5 Å². The first kappa shape index (κ1) is 20.5. The Morgan fingerprint density at radius 2 is 1.97 bits per heavy atom. The van der Waals surface area contributed by atoms with Gasteiger partial charge < -0.3 is 9.84 Å². The zero-order chi connectivity index (χ0) is 22.2. The van der Waals surface area contributed by atoms with Gasteiger partial charge in [0, 0.05) is 16.1 Å². The Morgan fingerprint density at radius 3 is 2.69 bits per heavy atom. The number of hydrogen-bond donors (Lipinski definition) is 1. The predicted molar refractivity (Wildman–Crippen MR) is 125 cm³/mol. The minimum Gasteiger partial charge on any atom is -0.507 e. The number of hydrogen-bond acceptors (Lipinski definition) is 5. The highest BCUT2D eigenvalue weighted by Gasteiger charge is 2.47. The van der Waals surface area contributed by atoms with Crippen LogP contribution in [0.2, 0.25) is 0 Å². The summed E-state index contributed by atoms with van der Waals surface area (Å²) in [7, 11) is 0. The van der Waals surface area contributed by atoms with Crippen LogP contribution in [-0.2, 0) is 22.4 Å². The van der Waals surface area contributed by atoms with Gasteiger partial charge in [-0.15, -0.1) is 11.3 Å². The first-order chi connectivity index (χ1) is 15.6. The lowest BCUT2D eigenvalue weighted by Gasteiger charge is -2.24. The molecule has 1 saturated heterocycles. The molecule has 5 rings (SSSR count). The van der Waals surface area contributed by atoms with Gasteiger partial charge in [-0.05, 0) is 72.2 Å². The molecule has 32 heavy (non-hydrogen) atoms. The standard InChI is InChI=1S/C26H23NO4S/c1-2-16-7-10-19(11-8-16)27-23(21-6-4-14-32-21)22(25(29)26(27)30)24(28)18-9-12-20-17(15-18)5-3-13-31-20/h4,6-12,14-15,23,28H,2-3,5,13H2,1H3/b24-22-. The van der Waals surface area contributed by atoms with Crippen LogP contribution in [0.15, 0.2) is 65.6 Å². The van der Waals surface area contributed by atoms with Crippen molar-refractivity contribution < 1.29 is 19.4 Å². The summed E-state index contributed by atoms with van der Waals surface area (Å²) in [4.78, 5) is 28.7. The summed E-state index contributed by atoms with van der Waals surface area (Å²) in [5, 5.41) is 13.2. The average molecular weight is 446 g/mol. The first-order valence-electron chi connectivity index (χ1n) is 10.8. The summed E-state index contributed by atoms with van der Waals surface area (Å²) in [5.41, 5.74) is 3.43. The SMILES string of the molecule is CCc1ccc(N2C(=O)C(=O)/C(=C(\O)c3ccc4c(c3)CCCO4)C2c2cccs2)cc1. The number of carbonyl (C=O) groups excluding carboxylic acids is 2. The summed E-state index contributed by atoms with van der Waals surface area (Å²) >= 11 is 1.46. The maximum absolute atomic E-state index is 13.2. The molecule has 1 amide bonds. The van der Waals surface area contributed by atoms with Crippen LogP contribution in [0.25, 0.3) is 5.76 Å². The van der Waals surface area contributed by atoms with Crippen molar-refractivity contribution in [3.63, 3.8) is 0 Å². The molecule has 0 spiro atoms. The van der Waals surface area contributed by atoms with Gasteiger partial charge in [0.25, 0.3) is 11.7 Å². The van der Waals surface area contributed by atoms with Crippen molar-refractivity contribution in [2.75, 3.05) is 11.5 Å². The van der Waals surface area contributed by atoms with Gasteiger partial charge in [-0.25, -0.2) is 0 Å². The monoisotopic (exact) mass is 445 g/mol. The van der Waals surface area contributed by atoms with Crippen LogP contribution in [0, 0.1) is 0 Å². The summed E-state index contributed by atoms with van der Waals surface area (Å²) < 4.78 is 5.67. The fraction of sp³-hybridized carbons (Fsp3) is 0.231. The first-order valence-corrected chi connectivity index (χ1v) is 11.7. The molecule has 0 radical (unpaired) electrons. The Kier molecular flexibility index (Phi) is 5.31. The number of Topliss-reactive ketones (excluding diaryl/α,β-unsaturated/α-hetero) is 1. The van der Waals surface area contributed by atoms with E-state index in [9.17, 15) is 14.7 Å². The molecule has 1 unspecified atom stereocenters. The van der Waals surface area contributed by atoms with E-state index in [0.29, 0.717) is 17.9 Å². The van der Waals surface area contributed by atoms with Crippen molar-refractivity contribution in [3.05, 3.63) is 87.1 Å². The molecule has 3 heterocycles. The Bertz CT molecular complexity index is 1210. The van der Waals surface area contributed by atoms with Gasteiger partial charge in [-0.1, -0.05) is 25.1 Å². The zero-order valence-corrected chi connectivity index (χ0v) is 18.5. The van der Waals surface area contributed by atoms with Crippen LogP contribution in [0.4, 0.5) is 5.69 Å².